The van der Waals surface area contributed by atoms with Gasteiger partial charge in [0.05, 0.1) is 16.1 Å². The Morgan fingerprint density at radius 2 is 1.76 bits per heavy atom. The molecule has 0 saturated carbocycles. The Labute approximate surface area is 148 Å². The van der Waals surface area contributed by atoms with Gasteiger partial charge in [0.2, 0.25) is 0 Å². The second kappa shape index (κ2) is 5.33. The first-order valence-electron chi connectivity index (χ1n) is 8.01. The molecule has 1 aliphatic rings. The number of halogens is 2. The molecule has 5 heteroatoms. The molecule has 0 aliphatic carbocycles. The lowest BCUT2D eigenvalue weighted by Gasteiger charge is -2.31. The molecule has 1 aliphatic heterocycles. The standard InChI is InChI=1S/C20H13ClFN3/c21-13-7-5-8-14(22)18(13)20-23-15-9-2-1-6-12(15)19-24-16-10-3-4-11-17(16)25(19)20/h1-11,20,23H/t20-/m1/s1. The van der Waals surface area contributed by atoms with Gasteiger partial charge in [-0.2, -0.15) is 0 Å². The molecule has 4 aromatic rings. The largest absolute Gasteiger partial charge is 0.360 e. The Balaban J connectivity index is 1.87. The van der Waals surface area contributed by atoms with Crippen LogP contribution in [0.5, 0.6) is 0 Å². The number of hydrogen-bond donors (Lipinski definition) is 1. The first-order chi connectivity index (χ1) is 12.2. The lowest BCUT2D eigenvalue weighted by atomic mass is 10.1. The minimum atomic E-state index is -0.467. The first kappa shape index (κ1) is 14.5. The predicted octanol–water partition coefficient (Wildman–Crippen LogP) is 5.47. The fourth-order valence-corrected chi connectivity index (χ4v) is 3.75. The number of para-hydroxylation sites is 3. The number of nitrogens with zero attached hydrogens (tertiary/aromatic N) is 2. The van der Waals surface area contributed by atoms with Crippen LogP contribution in [0.25, 0.3) is 22.4 Å². The van der Waals surface area contributed by atoms with Gasteiger partial charge in [-0.3, -0.25) is 4.57 Å². The van der Waals surface area contributed by atoms with Crippen molar-refractivity contribution < 1.29 is 4.39 Å². The number of imidazole rings is 1. The van der Waals surface area contributed by atoms with Crippen LogP contribution in [0.2, 0.25) is 5.02 Å². The topological polar surface area (TPSA) is 29.9 Å². The van der Waals surface area contributed by atoms with Crippen LogP contribution in [0.15, 0.2) is 66.7 Å². The summed E-state index contributed by atoms with van der Waals surface area (Å²) in [6.07, 6.45) is -0.467. The third kappa shape index (κ3) is 2.07. The van der Waals surface area contributed by atoms with Crippen LogP contribution < -0.4 is 5.32 Å². The summed E-state index contributed by atoms with van der Waals surface area (Å²) in [5.41, 5.74) is 4.12. The van der Waals surface area contributed by atoms with Crippen LogP contribution in [0.3, 0.4) is 0 Å². The molecule has 3 aromatic carbocycles. The smallest absolute Gasteiger partial charge is 0.145 e. The van der Waals surface area contributed by atoms with Crippen molar-refractivity contribution in [3.63, 3.8) is 0 Å². The summed E-state index contributed by atoms with van der Waals surface area (Å²) in [5, 5.41) is 3.82. The van der Waals surface area contributed by atoms with E-state index in [1.54, 1.807) is 12.1 Å². The molecule has 1 N–H and O–H groups in total. The zero-order valence-corrected chi connectivity index (χ0v) is 13.8. The summed E-state index contributed by atoms with van der Waals surface area (Å²) in [5.74, 6) is 0.466. The number of anilines is 1. The van der Waals surface area contributed by atoms with Gasteiger partial charge in [-0.15, -0.1) is 0 Å². The van der Waals surface area contributed by atoms with Gasteiger partial charge in [-0.1, -0.05) is 41.9 Å². The van der Waals surface area contributed by atoms with Crippen molar-refractivity contribution >= 4 is 28.3 Å². The molecule has 2 heterocycles. The third-order valence-electron chi connectivity index (χ3n) is 4.59. The van der Waals surface area contributed by atoms with Crippen LogP contribution in [-0.4, -0.2) is 9.55 Å². The number of fused-ring (bicyclic) bond motifs is 5. The second-order valence-corrected chi connectivity index (χ2v) is 6.43. The van der Waals surface area contributed by atoms with Crippen molar-refractivity contribution in [3.8, 4) is 11.4 Å². The number of aromatic nitrogens is 2. The van der Waals surface area contributed by atoms with E-state index in [0.29, 0.717) is 10.6 Å². The zero-order chi connectivity index (χ0) is 17.0. The maximum absolute atomic E-state index is 14.7. The molecular weight excluding hydrogens is 337 g/mol. The molecule has 1 atom stereocenters. The van der Waals surface area contributed by atoms with Crippen LogP contribution in [-0.2, 0) is 0 Å². The molecule has 0 amide bonds. The molecule has 0 unspecified atom stereocenters. The Hall–Kier alpha value is -2.85. The van der Waals surface area contributed by atoms with E-state index in [9.17, 15) is 4.39 Å². The van der Waals surface area contributed by atoms with Gasteiger partial charge in [-0.25, -0.2) is 9.37 Å². The molecule has 0 radical (unpaired) electrons. The van der Waals surface area contributed by atoms with Crippen LogP contribution in [0.4, 0.5) is 10.1 Å². The van der Waals surface area contributed by atoms with Crippen LogP contribution in [0.1, 0.15) is 11.7 Å². The van der Waals surface area contributed by atoms with Crippen molar-refractivity contribution in [1.29, 1.82) is 0 Å². The summed E-state index contributed by atoms with van der Waals surface area (Å²) in [4.78, 5) is 4.79. The van der Waals surface area contributed by atoms with Gasteiger partial charge < -0.3 is 5.32 Å². The van der Waals surface area contributed by atoms with Gasteiger partial charge in [0.15, 0.2) is 0 Å². The van der Waals surface area contributed by atoms with Crippen molar-refractivity contribution in [1.82, 2.24) is 9.55 Å². The van der Waals surface area contributed by atoms with Gasteiger partial charge in [0, 0.05) is 16.8 Å². The van der Waals surface area contributed by atoms with E-state index in [1.165, 1.54) is 6.07 Å². The molecule has 3 nitrogen and oxygen atoms in total. The average molecular weight is 350 g/mol. The van der Waals surface area contributed by atoms with E-state index in [4.69, 9.17) is 16.6 Å². The fourth-order valence-electron chi connectivity index (χ4n) is 3.48. The van der Waals surface area contributed by atoms with E-state index in [-0.39, 0.29) is 5.82 Å². The second-order valence-electron chi connectivity index (χ2n) is 6.02. The van der Waals surface area contributed by atoms with Crippen LogP contribution in [0, 0.1) is 5.82 Å². The van der Waals surface area contributed by atoms with E-state index >= 15 is 0 Å². The summed E-state index contributed by atoms with van der Waals surface area (Å²) in [6.45, 7) is 0. The number of hydrogen-bond acceptors (Lipinski definition) is 2. The Morgan fingerprint density at radius 3 is 2.64 bits per heavy atom. The van der Waals surface area contributed by atoms with Crippen LogP contribution >= 0.6 is 11.6 Å². The summed E-state index contributed by atoms with van der Waals surface area (Å²) in [7, 11) is 0. The van der Waals surface area contributed by atoms with E-state index in [2.05, 4.69) is 5.32 Å². The molecule has 0 bridgehead atoms. The fraction of sp³-hybridized carbons (Fsp3) is 0.0500. The number of nitrogens with one attached hydrogen (secondary N) is 1. The maximum atomic E-state index is 14.7. The van der Waals surface area contributed by atoms with Gasteiger partial charge in [-0.05, 0) is 36.4 Å². The lowest BCUT2D eigenvalue weighted by Crippen LogP contribution is -2.26. The molecule has 0 fully saturated rings. The van der Waals surface area contributed by atoms with E-state index in [1.807, 2.05) is 53.1 Å². The first-order valence-corrected chi connectivity index (χ1v) is 8.38. The van der Waals surface area contributed by atoms with E-state index < -0.39 is 6.17 Å². The summed E-state index contributed by atoms with van der Waals surface area (Å²) in [6, 6.07) is 20.5. The van der Waals surface area contributed by atoms with Crippen molar-refractivity contribution in [2.24, 2.45) is 0 Å². The van der Waals surface area contributed by atoms with Crippen molar-refractivity contribution in [3.05, 3.63) is 83.1 Å². The zero-order valence-electron chi connectivity index (χ0n) is 13.1. The van der Waals surface area contributed by atoms with Gasteiger partial charge in [0.25, 0.3) is 0 Å². The molecule has 0 saturated heterocycles. The third-order valence-corrected chi connectivity index (χ3v) is 4.92. The van der Waals surface area contributed by atoms with Gasteiger partial charge >= 0.3 is 0 Å². The molecule has 5 rings (SSSR count). The quantitative estimate of drug-likeness (QED) is 0.494. The average Bonchev–Trinajstić information content (AvgIpc) is 3.01. The highest BCUT2D eigenvalue weighted by molar-refractivity contribution is 6.31. The maximum Gasteiger partial charge on any atom is 0.145 e. The monoisotopic (exact) mass is 349 g/mol. The Kier molecular flexibility index (Phi) is 3.09. The molecule has 25 heavy (non-hydrogen) atoms. The normalized spacial score (nSPS) is 15.5. The molecular formula is C20H13ClFN3. The Morgan fingerprint density at radius 1 is 0.960 bits per heavy atom. The highest BCUT2D eigenvalue weighted by Crippen LogP contribution is 2.42. The van der Waals surface area contributed by atoms with Gasteiger partial charge in [0.1, 0.15) is 17.8 Å². The number of benzene rings is 3. The van der Waals surface area contributed by atoms with Crippen molar-refractivity contribution in [2.75, 3.05) is 5.32 Å². The minimum absolute atomic E-state index is 0.340. The van der Waals surface area contributed by atoms with Crippen molar-refractivity contribution in [2.45, 2.75) is 6.17 Å². The molecule has 122 valence electrons. The highest BCUT2D eigenvalue weighted by Gasteiger charge is 2.30. The lowest BCUT2D eigenvalue weighted by molar-refractivity contribution is 0.569. The molecule has 0 spiro atoms. The Bertz CT molecular complexity index is 1100. The SMILES string of the molecule is Fc1cccc(Cl)c1[C@@H]1Nc2ccccc2-c2nc3ccccc3n21. The predicted molar refractivity (Wildman–Crippen MR) is 98.3 cm³/mol. The highest BCUT2D eigenvalue weighted by atomic mass is 35.5. The molecule has 1 aromatic heterocycles. The minimum Gasteiger partial charge on any atom is -0.360 e. The van der Waals surface area contributed by atoms with E-state index in [0.717, 1.165) is 28.1 Å². The number of rotatable bonds is 1. The summed E-state index contributed by atoms with van der Waals surface area (Å²) >= 11 is 6.36. The summed E-state index contributed by atoms with van der Waals surface area (Å²) < 4.78 is 16.7.